The van der Waals surface area contributed by atoms with Crippen LogP contribution in [0.3, 0.4) is 0 Å². The summed E-state index contributed by atoms with van der Waals surface area (Å²) in [7, 11) is 3.48. The minimum absolute atomic E-state index is 0. The smallest absolute Gasteiger partial charge is 0.191 e. The first-order valence-electron chi connectivity index (χ1n) is 7.47. The van der Waals surface area contributed by atoms with Crippen molar-refractivity contribution in [3.8, 4) is 5.75 Å². The van der Waals surface area contributed by atoms with Crippen LogP contribution in [-0.4, -0.2) is 37.2 Å². The topological polar surface area (TPSA) is 45.7 Å². The van der Waals surface area contributed by atoms with Crippen LogP contribution in [0.15, 0.2) is 27.7 Å². The maximum Gasteiger partial charge on any atom is 0.191 e. The highest BCUT2D eigenvalue weighted by atomic mass is 127. The molecule has 130 valence electrons. The van der Waals surface area contributed by atoms with Gasteiger partial charge in [0.15, 0.2) is 5.96 Å². The molecule has 7 heteroatoms. The largest absolute Gasteiger partial charge is 0.496 e. The molecule has 1 aromatic rings. The molecular weight excluding hydrogens is 489 g/mol. The van der Waals surface area contributed by atoms with Crippen LogP contribution in [0.1, 0.15) is 25.3 Å². The minimum atomic E-state index is 0. The molecule has 2 N–H and O–H groups in total. The molecule has 1 aromatic carbocycles. The van der Waals surface area contributed by atoms with E-state index in [-0.39, 0.29) is 24.0 Å². The Hall–Kier alpha value is -0.150. The van der Waals surface area contributed by atoms with Crippen LogP contribution in [0.25, 0.3) is 0 Å². The van der Waals surface area contributed by atoms with Crippen molar-refractivity contribution in [2.45, 2.75) is 31.1 Å². The molecule has 0 saturated carbocycles. The second-order valence-corrected chi connectivity index (χ2v) is 8.19. The van der Waals surface area contributed by atoms with E-state index in [0.29, 0.717) is 4.75 Å². The standard InChI is InChI=1S/C16H24BrN3OS.HI/c1-16(7-4-8-22-16)11-20-15(18-2)19-10-12-5-6-14(21-3)13(17)9-12;/h5-6,9H,4,7-8,10-11H2,1-3H3,(H2,18,19,20);1H. The zero-order valence-corrected chi connectivity index (χ0v) is 18.6. The Labute approximate surface area is 168 Å². The molecule has 0 spiro atoms. The van der Waals surface area contributed by atoms with E-state index in [1.165, 1.54) is 24.2 Å². The second-order valence-electron chi connectivity index (χ2n) is 5.65. The Morgan fingerprint density at radius 2 is 2.22 bits per heavy atom. The lowest BCUT2D eigenvalue weighted by Crippen LogP contribution is -2.43. The molecule has 4 nitrogen and oxygen atoms in total. The van der Waals surface area contributed by atoms with Gasteiger partial charge in [-0.1, -0.05) is 6.07 Å². The predicted molar refractivity (Wildman–Crippen MR) is 114 cm³/mol. The molecule has 0 bridgehead atoms. The first kappa shape index (κ1) is 20.9. The average Bonchev–Trinajstić information content (AvgIpc) is 2.94. The van der Waals surface area contributed by atoms with Crippen LogP contribution in [0, 0.1) is 0 Å². The summed E-state index contributed by atoms with van der Waals surface area (Å²) in [5.74, 6) is 2.96. The van der Waals surface area contributed by atoms with Gasteiger partial charge in [0.05, 0.1) is 11.6 Å². The van der Waals surface area contributed by atoms with E-state index in [2.05, 4.69) is 62.4 Å². The number of rotatable bonds is 5. The van der Waals surface area contributed by atoms with Crippen LogP contribution >= 0.6 is 51.7 Å². The predicted octanol–water partition coefficient (Wildman–Crippen LogP) is 4.03. The summed E-state index contributed by atoms with van der Waals surface area (Å²) in [4.78, 5) is 4.30. The lowest BCUT2D eigenvalue weighted by Gasteiger charge is -2.24. The average molecular weight is 514 g/mol. The number of thioether (sulfide) groups is 1. The van der Waals surface area contributed by atoms with Crippen LogP contribution in [-0.2, 0) is 6.54 Å². The highest BCUT2D eigenvalue weighted by Crippen LogP contribution is 2.36. The molecule has 0 aliphatic carbocycles. The highest BCUT2D eigenvalue weighted by Gasteiger charge is 2.29. The minimum Gasteiger partial charge on any atom is -0.496 e. The zero-order chi connectivity index (χ0) is 16.0. The summed E-state index contributed by atoms with van der Waals surface area (Å²) >= 11 is 5.56. The molecule has 0 amide bonds. The van der Waals surface area contributed by atoms with E-state index in [9.17, 15) is 0 Å². The summed E-state index contributed by atoms with van der Waals surface area (Å²) in [5, 5.41) is 6.80. The molecule has 1 heterocycles. The number of guanidine groups is 1. The third-order valence-electron chi connectivity index (χ3n) is 3.83. The van der Waals surface area contributed by atoms with Crippen LogP contribution in [0.2, 0.25) is 0 Å². The van der Waals surface area contributed by atoms with Gasteiger partial charge in [-0.3, -0.25) is 4.99 Å². The fraction of sp³-hybridized carbons (Fsp3) is 0.562. The lowest BCUT2D eigenvalue weighted by molar-refractivity contribution is 0.412. The second kappa shape index (κ2) is 9.98. The van der Waals surface area contributed by atoms with Crippen LogP contribution in [0.4, 0.5) is 0 Å². The molecule has 1 aliphatic rings. The normalized spacial score (nSPS) is 20.8. The van der Waals surface area contributed by atoms with Gasteiger partial charge in [-0.05, 0) is 59.1 Å². The summed E-state index contributed by atoms with van der Waals surface area (Å²) < 4.78 is 6.55. The van der Waals surface area contributed by atoms with E-state index >= 15 is 0 Å². The van der Waals surface area contributed by atoms with Crippen LogP contribution in [0.5, 0.6) is 5.75 Å². The van der Waals surface area contributed by atoms with Gasteiger partial charge in [-0.2, -0.15) is 11.8 Å². The fourth-order valence-corrected chi connectivity index (χ4v) is 4.31. The molecule has 0 radical (unpaired) electrons. The molecule has 1 fully saturated rings. The third-order valence-corrected chi connectivity index (χ3v) is 5.99. The first-order chi connectivity index (χ1) is 10.6. The number of halogens is 2. The summed E-state index contributed by atoms with van der Waals surface area (Å²) in [6.45, 7) is 4.00. The van der Waals surface area contributed by atoms with E-state index in [1.54, 1.807) is 7.11 Å². The van der Waals surface area contributed by atoms with Crippen molar-refractivity contribution in [1.82, 2.24) is 10.6 Å². The lowest BCUT2D eigenvalue weighted by atomic mass is 10.1. The number of ether oxygens (including phenoxy) is 1. The quantitative estimate of drug-likeness (QED) is 0.354. The zero-order valence-electron chi connectivity index (χ0n) is 13.8. The van der Waals surface area contributed by atoms with Gasteiger partial charge >= 0.3 is 0 Å². The van der Waals surface area contributed by atoms with E-state index in [0.717, 1.165) is 29.3 Å². The molecule has 1 atom stereocenters. The Morgan fingerprint density at radius 1 is 1.43 bits per heavy atom. The number of benzene rings is 1. The fourth-order valence-electron chi connectivity index (χ4n) is 2.47. The number of hydrogen-bond donors (Lipinski definition) is 2. The van der Waals surface area contributed by atoms with Crippen LogP contribution < -0.4 is 15.4 Å². The summed E-state index contributed by atoms with van der Waals surface area (Å²) in [6.07, 6.45) is 2.59. The van der Waals surface area contributed by atoms with Crippen molar-refractivity contribution in [2.75, 3.05) is 26.5 Å². The SMILES string of the molecule is CN=C(NCc1ccc(OC)c(Br)c1)NCC1(C)CCCS1.I. The number of methoxy groups -OCH3 is 1. The molecule has 2 rings (SSSR count). The monoisotopic (exact) mass is 513 g/mol. The van der Waals surface area contributed by atoms with Gasteiger partial charge < -0.3 is 15.4 Å². The Morgan fingerprint density at radius 3 is 2.78 bits per heavy atom. The van der Waals surface area contributed by atoms with Crippen molar-refractivity contribution in [1.29, 1.82) is 0 Å². The first-order valence-corrected chi connectivity index (χ1v) is 9.25. The number of hydrogen-bond acceptors (Lipinski definition) is 3. The number of aliphatic imine (C=N–C) groups is 1. The van der Waals surface area contributed by atoms with Gasteiger partial charge in [-0.25, -0.2) is 0 Å². The van der Waals surface area contributed by atoms with Gasteiger partial charge in [0.2, 0.25) is 0 Å². The van der Waals surface area contributed by atoms with Gasteiger partial charge in [-0.15, -0.1) is 24.0 Å². The Balaban J connectivity index is 0.00000264. The summed E-state index contributed by atoms with van der Waals surface area (Å²) in [6, 6.07) is 6.08. The van der Waals surface area contributed by atoms with Gasteiger partial charge in [0.1, 0.15) is 5.75 Å². The molecule has 1 unspecified atom stereocenters. The van der Waals surface area contributed by atoms with Crippen molar-refractivity contribution >= 4 is 57.6 Å². The van der Waals surface area contributed by atoms with E-state index < -0.39 is 0 Å². The van der Waals surface area contributed by atoms with Crippen molar-refractivity contribution in [3.05, 3.63) is 28.2 Å². The molecule has 1 saturated heterocycles. The third kappa shape index (κ3) is 6.34. The van der Waals surface area contributed by atoms with Gasteiger partial charge in [0.25, 0.3) is 0 Å². The maximum atomic E-state index is 5.25. The van der Waals surface area contributed by atoms with Gasteiger partial charge in [0, 0.05) is 24.9 Å². The highest BCUT2D eigenvalue weighted by molar-refractivity contribution is 14.0. The number of nitrogens with one attached hydrogen (secondary N) is 2. The number of nitrogens with zero attached hydrogens (tertiary/aromatic N) is 1. The van der Waals surface area contributed by atoms with Crippen molar-refractivity contribution in [2.24, 2.45) is 4.99 Å². The van der Waals surface area contributed by atoms with E-state index in [1.807, 2.05) is 13.1 Å². The molecule has 0 aromatic heterocycles. The Bertz CT molecular complexity index is 536. The maximum absolute atomic E-state index is 5.25. The molecule has 1 aliphatic heterocycles. The van der Waals surface area contributed by atoms with Crippen molar-refractivity contribution in [3.63, 3.8) is 0 Å². The molecular formula is C16H25BrIN3OS. The molecule has 23 heavy (non-hydrogen) atoms. The van der Waals surface area contributed by atoms with Crippen molar-refractivity contribution < 1.29 is 4.74 Å². The van der Waals surface area contributed by atoms with E-state index in [4.69, 9.17) is 4.74 Å². The Kier molecular flexibility index (Phi) is 9.07. The summed E-state index contributed by atoms with van der Waals surface area (Å²) in [5.41, 5.74) is 1.18.